The molecule has 1 aromatic heterocycles. The van der Waals surface area contributed by atoms with Gasteiger partial charge in [-0.15, -0.1) is 0 Å². The summed E-state index contributed by atoms with van der Waals surface area (Å²) >= 11 is 0. The smallest absolute Gasteiger partial charge is 0.383 e. The summed E-state index contributed by atoms with van der Waals surface area (Å²) < 4.78 is 24.1. The highest BCUT2D eigenvalue weighted by molar-refractivity contribution is 5.91. The summed E-state index contributed by atoms with van der Waals surface area (Å²) in [5.41, 5.74) is 2.43. The van der Waals surface area contributed by atoms with Crippen LogP contribution in [0, 0.1) is 0 Å². The molecule has 2 aromatic rings. The van der Waals surface area contributed by atoms with Crippen molar-refractivity contribution in [3.63, 3.8) is 0 Å². The van der Waals surface area contributed by atoms with Crippen LogP contribution in [0.15, 0.2) is 62.9 Å². The number of rotatable bonds is 21. The molecule has 0 radical (unpaired) electrons. The molecular formula is C35H52O5. The molecule has 0 spiro atoms. The van der Waals surface area contributed by atoms with Crippen molar-refractivity contribution >= 4 is 11.0 Å². The van der Waals surface area contributed by atoms with E-state index in [2.05, 4.69) is 52.8 Å². The predicted molar refractivity (Wildman–Crippen MR) is 168 cm³/mol. The summed E-state index contributed by atoms with van der Waals surface area (Å²) in [5.74, 6) is 1.16. The molecule has 0 N–H and O–H groups in total. The van der Waals surface area contributed by atoms with Crippen LogP contribution in [0.5, 0.6) is 17.2 Å². The Labute approximate surface area is 242 Å². The van der Waals surface area contributed by atoms with Crippen molar-refractivity contribution in [2.24, 2.45) is 0 Å². The van der Waals surface area contributed by atoms with E-state index in [1.54, 1.807) is 6.07 Å². The molecule has 0 unspecified atom stereocenters. The Morgan fingerprint density at radius 2 is 1.55 bits per heavy atom. The van der Waals surface area contributed by atoms with E-state index in [-0.39, 0.29) is 12.4 Å². The zero-order chi connectivity index (χ0) is 29.0. The fraction of sp³-hybridized carbons (Fsp3) is 0.571. The molecule has 0 bridgehead atoms. The molecule has 2 rings (SSSR count). The number of benzene rings is 1. The van der Waals surface area contributed by atoms with E-state index >= 15 is 0 Å². The van der Waals surface area contributed by atoms with Gasteiger partial charge in [-0.05, 0) is 71.1 Å². The molecule has 0 saturated heterocycles. The van der Waals surface area contributed by atoms with Gasteiger partial charge in [-0.1, -0.05) is 94.2 Å². The average molecular weight is 553 g/mol. The van der Waals surface area contributed by atoms with E-state index in [9.17, 15) is 4.79 Å². The first-order valence-electron chi connectivity index (χ1n) is 15.4. The molecular weight excluding hydrogens is 500 g/mol. The van der Waals surface area contributed by atoms with Crippen molar-refractivity contribution in [2.75, 3.05) is 19.8 Å². The Morgan fingerprint density at radius 1 is 0.800 bits per heavy atom. The van der Waals surface area contributed by atoms with Crippen molar-refractivity contribution < 1.29 is 18.6 Å². The third kappa shape index (κ3) is 12.5. The first-order chi connectivity index (χ1) is 19.5. The maximum absolute atomic E-state index is 13.0. The summed E-state index contributed by atoms with van der Waals surface area (Å²) in [6.45, 7) is 11.9. The van der Waals surface area contributed by atoms with Gasteiger partial charge in [-0.3, -0.25) is 0 Å². The van der Waals surface area contributed by atoms with Gasteiger partial charge in [0.25, 0.3) is 0 Å². The molecule has 0 fully saturated rings. The van der Waals surface area contributed by atoms with Crippen LogP contribution in [0.4, 0.5) is 0 Å². The minimum absolute atomic E-state index is 0.100. The third-order valence-corrected chi connectivity index (χ3v) is 6.75. The third-order valence-electron chi connectivity index (χ3n) is 6.75. The van der Waals surface area contributed by atoms with Gasteiger partial charge in [-0.2, -0.15) is 0 Å². The zero-order valence-electron chi connectivity index (χ0n) is 25.7. The second kappa shape index (κ2) is 20.0. The molecule has 0 aliphatic rings. The van der Waals surface area contributed by atoms with E-state index in [1.165, 1.54) is 49.7 Å². The van der Waals surface area contributed by atoms with Gasteiger partial charge in [0.2, 0.25) is 5.75 Å². The lowest BCUT2D eigenvalue weighted by molar-refractivity contribution is 0.275. The SMILES string of the molecule is CC/C=C/CCOc1c(OC/C=C(\C)CCC=C(C)C)c(=O)oc2cccc(OCCCCCCCCCC)c12. The number of unbranched alkanes of at least 4 members (excludes halogenated alkanes) is 7. The number of fused-ring (bicyclic) bond motifs is 1. The van der Waals surface area contributed by atoms with Gasteiger partial charge < -0.3 is 18.6 Å². The second-order valence-electron chi connectivity index (χ2n) is 10.7. The second-order valence-corrected chi connectivity index (χ2v) is 10.7. The molecule has 222 valence electrons. The quantitative estimate of drug-likeness (QED) is 0.0876. The van der Waals surface area contributed by atoms with Gasteiger partial charge >= 0.3 is 5.63 Å². The van der Waals surface area contributed by atoms with Crippen molar-refractivity contribution in [2.45, 2.75) is 112 Å². The molecule has 0 amide bonds. The number of ether oxygens (including phenoxy) is 3. The van der Waals surface area contributed by atoms with Crippen LogP contribution in [-0.2, 0) is 0 Å². The Morgan fingerprint density at radius 3 is 2.27 bits per heavy atom. The molecule has 1 aromatic carbocycles. The predicted octanol–water partition coefficient (Wildman–Crippen LogP) is 10.1. The lowest BCUT2D eigenvalue weighted by Gasteiger charge is -2.16. The van der Waals surface area contributed by atoms with Gasteiger partial charge in [0.1, 0.15) is 23.3 Å². The largest absolute Gasteiger partial charge is 0.493 e. The van der Waals surface area contributed by atoms with Crippen LogP contribution in [0.2, 0.25) is 0 Å². The Balaban J connectivity index is 2.18. The Bertz CT molecular complexity index is 1130. The van der Waals surface area contributed by atoms with Crippen LogP contribution in [0.25, 0.3) is 11.0 Å². The molecule has 0 saturated carbocycles. The summed E-state index contributed by atoms with van der Waals surface area (Å²) in [6.07, 6.45) is 22.0. The van der Waals surface area contributed by atoms with Crippen LogP contribution in [-0.4, -0.2) is 19.8 Å². The number of hydrogen-bond acceptors (Lipinski definition) is 5. The molecule has 1 heterocycles. The first kappa shape index (κ1) is 33.3. The fourth-order valence-corrected chi connectivity index (χ4v) is 4.44. The number of hydrogen-bond donors (Lipinski definition) is 0. The van der Waals surface area contributed by atoms with E-state index in [0.29, 0.717) is 35.7 Å². The van der Waals surface area contributed by atoms with Crippen LogP contribution in [0.3, 0.4) is 0 Å². The van der Waals surface area contributed by atoms with Crippen molar-refractivity contribution in [3.8, 4) is 17.2 Å². The Hall–Kier alpha value is -2.95. The fourth-order valence-electron chi connectivity index (χ4n) is 4.44. The Kier molecular flexibility index (Phi) is 16.6. The van der Waals surface area contributed by atoms with E-state index in [4.69, 9.17) is 18.6 Å². The van der Waals surface area contributed by atoms with Crippen molar-refractivity contribution in [1.29, 1.82) is 0 Å². The van der Waals surface area contributed by atoms with E-state index in [0.717, 1.165) is 38.5 Å². The zero-order valence-corrected chi connectivity index (χ0v) is 25.7. The minimum atomic E-state index is -0.539. The highest BCUT2D eigenvalue weighted by Gasteiger charge is 2.21. The monoisotopic (exact) mass is 552 g/mol. The maximum Gasteiger partial charge on any atom is 0.383 e. The summed E-state index contributed by atoms with van der Waals surface area (Å²) in [6, 6.07) is 5.54. The number of allylic oxidation sites excluding steroid dienone is 4. The first-order valence-corrected chi connectivity index (χ1v) is 15.4. The van der Waals surface area contributed by atoms with E-state index < -0.39 is 5.63 Å². The average Bonchev–Trinajstić information content (AvgIpc) is 2.92. The molecule has 0 aliphatic heterocycles. The molecule has 5 nitrogen and oxygen atoms in total. The highest BCUT2D eigenvalue weighted by Crippen LogP contribution is 2.39. The molecule has 5 heteroatoms. The van der Waals surface area contributed by atoms with Gasteiger partial charge in [0.05, 0.1) is 13.2 Å². The van der Waals surface area contributed by atoms with Gasteiger partial charge in [0, 0.05) is 0 Å². The minimum Gasteiger partial charge on any atom is -0.493 e. The van der Waals surface area contributed by atoms with Crippen molar-refractivity contribution in [3.05, 3.63) is 64.1 Å². The maximum atomic E-state index is 13.0. The highest BCUT2D eigenvalue weighted by atomic mass is 16.5. The standard InChI is InChI=1S/C35H52O5/c1-6-8-10-12-13-14-15-17-25-37-30-22-19-23-31-32(30)33(38-26-16-11-9-7-2)34(35(36)40-31)39-27-24-29(5)21-18-20-28(3)4/h9,11,19-20,22-24H,6-8,10,12-18,21,25-27H2,1-5H3/b11-9+,29-24+. The summed E-state index contributed by atoms with van der Waals surface area (Å²) in [4.78, 5) is 13.0. The summed E-state index contributed by atoms with van der Waals surface area (Å²) in [7, 11) is 0. The lowest BCUT2D eigenvalue weighted by Crippen LogP contribution is -2.12. The normalized spacial score (nSPS) is 11.8. The molecule has 0 aliphatic carbocycles. The van der Waals surface area contributed by atoms with Crippen molar-refractivity contribution in [1.82, 2.24) is 0 Å². The van der Waals surface area contributed by atoms with Crippen LogP contribution in [0.1, 0.15) is 112 Å². The van der Waals surface area contributed by atoms with Gasteiger partial charge in [-0.25, -0.2) is 4.79 Å². The molecule has 0 atom stereocenters. The summed E-state index contributed by atoms with van der Waals surface area (Å²) in [5, 5.41) is 0.653. The molecule has 40 heavy (non-hydrogen) atoms. The lowest BCUT2D eigenvalue weighted by atomic mass is 10.1. The van der Waals surface area contributed by atoms with E-state index in [1.807, 2.05) is 18.2 Å². The van der Waals surface area contributed by atoms with Gasteiger partial charge in [0.15, 0.2) is 5.75 Å². The topological polar surface area (TPSA) is 57.9 Å². The van der Waals surface area contributed by atoms with Crippen LogP contribution < -0.4 is 19.8 Å². The van der Waals surface area contributed by atoms with Crippen LogP contribution >= 0.6 is 0 Å².